The maximum Gasteiger partial charge on any atom is 0.270 e. The molecule has 4 rings (SSSR count). The maximum absolute atomic E-state index is 13.4. The zero-order chi connectivity index (χ0) is 24.7. The number of thiocarbonyl (C=S) groups is 1. The molecule has 8 nitrogen and oxygen atoms in total. The molecule has 0 atom stereocenters. The summed E-state index contributed by atoms with van der Waals surface area (Å²) in [6.07, 6.45) is 1.55. The molecule has 2 aromatic carbocycles. The third kappa shape index (κ3) is 4.17. The first-order valence-electron chi connectivity index (χ1n) is 10.2. The van der Waals surface area contributed by atoms with Crippen molar-refractivity contribution in [1.82, 2.24) is 9.88 Å². The summed E-state index contributed by atoms with van der Waals surface area (Å²) in [5.41, 5.74) is 4.39. The number of carbonyl (C=O) groups excluding carboxylic acids is 2. The lowest BCUT2D eigenvalue weighted by Crippen LogP contribution is -2.54. The molecular weight excluding hydrogens is 520 g/mol. The number of anilines is 1. The van der Waals surface area contributed by atoms with E-state index < -0.39 is 16.7 Å². The lowest BCUT2D eigenvalue weighted by Gasteiger charge is -2.30. The number of nitro benzene ring substituents is 1. The fourth-order valence-corrected chi connectivity index (χ4v) is 4.71. The van der Waals surface area contributed by atoms with Crippen LogP contribution in [-0.4, -0.2) is 26.4 Å². The minimum absolute atomic E-state index is 0.00248. The van der Waals surface area contributed by atoms with Gasteiger partial charge in [-0.15, -0.1) is 0 Å². The Bertz CT molecular complexity index is 1410. The van der Waals surface area contributed by atoms with E-state index in [1.54, 1.807) is 30.3 Å². The second kappa shape index (κ2) is 8.96. The van der Waals surface area contributed by atoms with Crippen LogP contribution < -0.4 is 10.2 Å². The van der Waals surface area contributed by atoms with E-state index in [4.69, 9.17) is 12.2 Å². The van der Waals surface area contributed by atoms with Gasteiger partial charge in [0.05, 0.1) is 10.6 Å². The predicted molar refractivity (Wildman–Crippen MR) is 137 cm³/mol. The zero-order valence-corrected chi connectivity index (χ0v) is 20.9. The average molecular weight is 539 g/mol. The third-order valence-corrected chi connectivity index (χ3v) is 6.37. The Hall–Kier alpha value is -3.63. The first kappa shape index (κ1) is 23.5. The molecule has 0 saturated carbocycles. The summed E-state index contributed by atoms with van der Waals surface area (Å²) in [4.78, 5) is 37.9. The number of hydrogen-bond acceptors (Lipinski definition) is 5. The van der Waals surface area contributed by atoms with Gasteiger partial charge in [0, 0.05) is 33.7 Å². The molecular formula is C24H19BrN4O4S. The number of non-ortho nitro benzene ring substituents is 1. The van der Waals surface area contributed by atoms with E-state index in [9.17, 15) is 19.7 Å². The second-order valence-electron chi connectivity index (χ2n) is 7.82. The second-order valence-corrected chi connectivity index (χ2v) is 9.13. The van der Waals surface area contributed by atoms with Gasteiger partial charge in [-0.1, -0.05) is 15.9 Å². The van der Waals surface area contributed by atoms with Crippen molar-refractivity contribution in [3.8, 4) is 5.69 Å². The molecule has 0 spiro atoms. The molecule has 1 aromatic heterocycles. The van der Waals surface area contributed by atoms with E-state index in [2.05, 4.69) is 21.2 Å². The van der Waals surface area contributed by atoms with Crippen LogP contribution in [0, 0.1) is 30.9 Å². The Kier molecular flexibility index (Phi) is 6.20. The Labute approximate surface area is 209 Å². The van der Waals surface area contributed by atoms with Gasteiger partial charge in [0.15, 0.2) is 5.11 Å². The standard InChI is InChI=1S/C24H19BrN4O4S/c1-13-10-17(25)4-9-21(13)28-23(31)20(22(30)26-24(28)34)12-16-11-14(2)27(15(16)3)18-5-7-19(8-6-18)29(32)33/h4-12H,1-3H3,(H,26,30,34)/b20-12-. The average Bonchev–Trinajstić information content (AvgIpc) is 3.05. The van der Waals surface area contributed by atoms with Gasteiger partial charge >= 0.3 is 0 Å². The van der Waals surface area contributed by atoms with Crippen LogP contribution in [0.25, 0.3) is 11.8 Å². The minimum atomic E-state index is -0.568. The number of benzene rings is 2. The van der Waals surface area contributed by atoms with Gasteiger partial charge in [-0.3, -0.25) is 29.9 Å². The number of rotatable bonds is 4. The highest BCUT2D eigenvalue weighted by atomic mass is 79.9. The minimum Gasteiger partial charge on any atom is -0.318 e. The van der Waals surface area contributed by atoms with Crippen LogP contribution in [-0.2, 0) is 9.59 Å². The summed E-state index contributed by atoms with van der Waals surface area (Å²) >= 11 is 8.71. The first-order valence-corrected chi connectivity index (χ1v) is 11.4. The highest BCUT2D eigenvalue weighted by Gasteiger charge is 2.35. The van der Waals surface area contributed by atoms with Crippen molar-refractivity contribution in [1.29, 1.82) is 0 Å². The van der Waals surface area contributed by atoms with Crippen LogP contribution in [0.4, 0.5) is 11.4 Å². The SMILES string of the molecule is Cc1cc(Br)ccc1N1C(=O)/C(=C\c2cc(C)n(-c3ccc([N+](=O)[O-])cc3)c2C)C(=O)NC1=S. The normalized spacial score (nSPS) is 15.1. The molecule has 1 fully saturated rings. The van der Waals surface area contributed by atoms with Crippen LogP contribution in [0.2, 0.25) is 0 Å². The smallest absolute Gasteiger partial charge is 0.270 e. The number of aromatic nitrogens is 1. The third-order valence-electron chi connectivity index (χ3n) is 5.59. The molecule has 0 bridgehead atoms. The van der Waals surface area contributed by atoms with Crippen molar-refractivity contribution in [2.75, 3.05) is 4.90 Å². The van der Waals surface area contributed by atoms with Crippen LogP contribution in [0.5, 0.6) is 0 Å². The van der Waals surface area contributed by atoms with E-state index in [-0.39, 0.29) is 16.4 Å². The molecule has 172 valence electrons. The Morgan fingerprint density at radius 2 is 1.74 bits per heavy atom. The molecule has 1 aliphatic heterocycles. The molecule has 0 radical (unpaired) electrons. The van der Waals surface area contributed by atoms with E-state index in [0.29, 0.717) is 11.3 Å². The molecule has 0 unspecified atom stereocenters. The van der Waals surface area contributed by atoms with Gasteiger partial charge in [-0.05, 0) is 86.6 Å². The fourth-order valence-electron chi connectivity index (χ4n) is 3.96. The Balaban J connectivity index is 1.75. The first-order chi connectivity index (χ1) is 16.1. The van der Waals surface area contributed by atoms with Gasteiger partial charge < -0.3 is 4.57 Å². The van der Waals surface area contributed by atoms with Crippen molar-refractivity contribution < 1.29 is 14.5 Å². The molecule has 2 heterocycles. The quantitative estimate of drug-likeness (QED) is 0.167. The highest BCUT2D eigenvalue weighted by molar-refractivity contribution is 9.10. The van der Waals surface area contributed by atoms with E-state index in [1.165, 1.54) is 17.0 Å². The number of nitro groups is 1. The van der Waals surface area contributed by atoms with Crippen molar-refractivity contribution in [2.24, 2.45) is 0 Å². The summed E-state index contributed by atoms with van der Waals surface area (Å²) < 4.78 is 2.77. The number of aryl methyl sites for hydroxylation is 2. The van der Waals surface area contributed by atoms with Crippen LogP contribution in [0.15, 0.2) is 58.6 Å². The Morgan fingerprint density at radius 3 is 2.35 bits per heavy atom. The summed E-state index contributed by atoms with van der Waals surface area (Å²) in [6, 6.07) is 13.5. The van der Waals surface area contributed by atoms with Gasteiger partial charge in [0.2, 0.25) is 0 Å². The Morgan fingerprint density at radius 1 is 1.06 bits per heavy atom. The number of nitrogens with one attached hydrogen (secondary N) is 1. The molecule has 34 heavy (non-hydrogen) atoms. The monoisotopic (exact) mass is 538 g/mol. The van der Waals surface area contributed by atoms with Gasteiger partial charge in [-0.25, -0.2) is 0 Å². The van der Waals surface area contributed by atoms with E-state index in [1.807, 2.05) is 37.5 Å². The number of halogens is 1. The molecule has 2 amide bonds. The molecule has 0 aliphatic carbocycles. The van der Waals surface area contributed by atoms with Crippen molar-refractivity contribution in [2.45, 2.75) is 20.8 Å². The zero-order valence-electron chi connectivity index (χ0n) is 18.5. The summed E-state index contributed by atoms with van der Waals surface area (Å²) in [7, 11) is 0. The molecule has 1 saturated heterocycles. The summed E-state index contributed by atoms with van der Waals surface area (Å²) in [5.74, 6) is -1.08. The number of nitrogens with zero attached hydrogens (tertiary/aromatic N) is 3. The predicted octanol–water partition coefficient (Wildman–Crippen LogP) is 4.90. The topological polar surface area (TPSA) is 97.5 Å². The van der Waals surface area contributed by atoms with Crippen LogP contribution in [0.1, 0.15) is 22.5 Å². The number of hydrogen-bond donors (Lipinski definition) is 1. The molecule has 1 aliphatic rings. The van der Waals surface area contributed by atoms with E-state index in [0.717, 1.165) is 27.1 Å². The fraction of sp³-hybridized carbons (Fsp3) is 0.125. The lowest BCUT2D eigenvalue weighted by atomic mass is 10.1. The van der Waals surface area contributed by atoms with Crippen molar-refractivity contribution in [3.05, 3.63) is 91.2 Å². The molecule has 3 aromatic rings. The van der Waals surface area contributed by atoms with Gasteiger partial charge in [-0.2, -0.15) is 0 Å². The summed E-state index contributed by atoms with van der Waals surface area (Å²) in [5, 5.41) is 13.6. The van der Waals surface area contributed by atoms with Crippen LogP contribution >= 0.6 is 28.1 Å². The highest BCUT2D eigenvalue weighted by Crippen LogP contribution is 2.29. The summed E-state index contributed by atoms with van der Waals surface area (Å²) in [6.45, 7) is 5.59. The maximum atomic E-state index is 13.4. The molecule has 1 N–H and O–H groups in total. The van der Waals surface area contributed by atoms with Crippen molar-refractivity contribution in [3.63, 3.8) is 0 Å². The van der Waals surface area contributed by atoms with Gasteiger partial charge in [0.1, 0.15) is 5.57 Å². The van der Waals surface area contributed by atoms with Crippen molar-refractivity contribution >= 4 is 62.5 Å². The van der Waals surface area contributed by atoms with Crippen LogP contribution in [0.3, 0.4) is 0 Å². The lowest BCUT2D eigenvalue weighted by molar-refractivity contribution is -0.384. The van der Waals surface area contributed by atoms with E-state index >= 15 is 0 Å². The largest absolute Gasteiger partial charge is 0.318 e. The molecule has 10 heteroatoms. The number of amides is 2. The number of carbonyl (C=O) groups is 2. The van der Waals surface area contributed by atoms with Gasteiger partial charge in [0.25, 0.3) is 17.5 Å².